The van der Waals surface area contributed by atoms with Gasteiger partial charge in [0.1, 0.15) is 23.6 Å². The molecule has 4 aromatic rings. The average molecular weight is 511 g/mol. The van der Waals surface area contributed by atoms with Crippen molar-refractivity contribution in [3.63, 3.8) is 0 Å². The minimum absolute atomic E-state index is 0.0426. The Labute approximate surface area is 219 Å². The van der Waals surface area contributed by atoms with Gasteiger partial charge in [0, 0.05) is 47.6 Å². The van der Waals surface area contributed by atoms with Gasteiger partial charge >= 0.3 is 0 Å². The number of rotatable bonds is 5. The molecule has 1 aliphatic carbocycles. The van der Waals surface area contributed by atoms with E-state index in [2.05, 4.69) is 21.9 Å². The Hall–Kier alpha value is -4.53. The van der Waals surface area contributed by atoms with Gasteiger partial charge in [-0.05, 0) is 61.6 Å². The molecule has 192 valence electrons. The molecule has 38 heavy (non-hydrogen) atoms. The largest absolute Gasteiger partial charge is 0.383 e. The number of likely N-dealkylation sites (tertiary alicyclic amines) is 1. The Kier molecular flexibility index (Phi) is 5.52. The van der Waals surface area contributed by atoms with Crippen LogP contribution >= 0.6 is 0 Å². The van der Waals surface area contributed by atoms with Gasteiger partial charge in [-0.15, -0.1) is 0 Å². The van der Waals surface area contributed by atoms with Crippen LogP contribution in [0.3, 0.4) is 0 Å². The van der Waals surface area contributed by atoms with Crippen molar-refractivity contribution < 1.29 is 14.0 Å². The maximum Gasteiger partial charge on any atom is 0.254 e. The van der Waals surface area contributed by atoms with E-state index in [1.807, 2.05) is 29.2 Å². The standard InChI is InChI=1S/C29H27FN6O2/c1-15(2)28(37)34-19-8-9-20(21(30)13-19)25-23(24-26(31)32-14-33-27(24)35(25)3)16-4-6-17(7-5-16)29(38)36-11-10-18-12-22(18)36/h4-9,13-14,18,22H,1,10-12H2,2-3H3,(H,34,37)(H2,31,32,33)/t18-,22+/m0/s1. The van der Waals surface area contributed by atoms with Crippen molar-refractivity contribution >= 4 is 34.4 Å². The number of amides is 2. The van der Waals surface area contributed by atoms with E-state index in [0.717, 1.165) is 24.9 Å². The topological polar surface area (TPSA) is 106 Å². The number of aryl methyl sites for hydroxylation is 1. The number of hydrogen-bond acceptors (Lipinski definition) is 5. The third-order valence-electron chi connectivity index (χ3n) is 7.57. The van der Waals surface area contributed by atoms with Crippen molar-refractivity contribution in [1.29, 1.82) is 0 Å². The van der Waals surface area contributed by atoms with Crippen LogP contribution in [0, 0.1) is 11.7 Å². The predicted molar refractivity (Wildman–Crippen MR) is 145 cm³/mol. The molecule has 0 spiro atoms. The van der Waals surface area contributed by atoms with E-state index in [9.17, 15) is 9.59 Å². The molecule has 0 bridgehead atoms. The van der Waals surface area contributed by atoms with Crippen molar-refractivity contribution in [3.8, 4) is 22.4 Å². The number of halogens is 1. The summed E-state index contributed by atoms with van der Waals surface area (Å²) >= 11 is 0. The van der Waals surface area contributed by atoms with Crippen LogP contribution in [0.15, 0.2) is 60.9 Å². The third kappa shape index (κ3) is 3.82. The molecule has 9 heteroatoms. The van der Waals surface area contributed by atoms with Crippen LogP contribution in [-0.2, 0) is 11.8 Å². The average Bonchev–Trinajstić information content (AvgIpc) is 3.45. The molecule has 0 unspecified atom stereocenters. The monoisotopic (exact) mass is 510 g/mol. The summed E-state index contributed by atoms with van der Waals surface area (Å²) in [5, 5.41) is 3.24. The molecule has 6 rings (SSSR count). The molecule has 1 saturated heterocycles. The van der Waals surface area contributed by atoms with Crippen LogP contribution in [0.2, 0.25) is 0 Å². The first-order chi connectivity index (χ1) is 18.2. The Morgan fingerprint density at radius 2 is 1.92 bits per heavy atom. The number of nitrogen functional groups attached to an aromatic ring is 1. The first-order valence-corrected chi connectivity index (χ1v) is 12.5. The summed E-state index contributed by atoms with van der Waals surface area (Å²) in [5.74, 6) is 0.0692. The number of benzene rings is 2. The van der Waals surface area contributed by atoms with Gasteiger partial charge in [-0.2, -0.15) is 0 Å². The summed E-state index contributed by atoms with van der Waals surface area (Å²) in [6.45, 7) is 6.00. The van der Waals surface area contributed by atoms with Gasteiger partial charge in [-0.3, -0.25) is 9.59 Å². The summed E-state index contributed by atoms with van der Waals surface area (Å²) in [6.07, 6.45) is 3.55. The maximum atomic E-state index is 15.6. The number of carbonyl (C=O) groups excluding carboxylic acids is 2. The molecule has 1 saturated carbocycles. The van der Waals surface area contributed by atoms with Crippen molar-refractivity contribution in [2.24, 2.45) is 13.0 Å². The molecular weight excluding hydrogens is 483 g/mol. The number of piperidine rings is 1. The summed E-state index contributed by atoms with van der Waals surface area (Å²) < 4.78 is 17.4. The second kappa shape index (κ2) is 8.79. The Morgan fingerprint density at radius 1 is 1.16 bits per heavy atom. The van der Waals surface area contributed by atoms with E-state index in [1.54, 1.807) is 30.7 Å². The van der Waals surface area contributed by atoms with Crippen LogP contribution in [-0.4, -0.2) is 43.8 Å². The number of hydrogen-bond donors (Lipinski definition) is 2. The fraction of sp³-hybridized carbons (Fsp3) is 0.241. The zero-order chi connectivity index (χ0) is 26.7. The predicted octanol–water partition coefficient (Wildman–Crippen LogP) is 4.77. The highest BCUT2D eigenvalue weighted by atomic mass is 19.1. The van der Waals surface area contributed by atoms with Crippen molar-refractivity contribution in [2.45, 2.75) is 25.8 Å². The van der Waals surface area contributed by atoms with Crippen molar-refractivity contribution in [2.75, 3.05) is 17.6 Å². The van der Waals surface area contributed by atoms with Gasteiger partial charge in [-0.1, -0.05) is 18.7 Å². The maximum absolute atomic E-state index is 15.6. The molecular formula is C29H27FN6O2. The highest BCUT2D eigenvalue weighted by molar-refractivity contribution is 6.08. The van der Waals surface area contributed by atoms with Gasteiger partial charge in [0.15, 0.2) is 0 Å². The van der Waals surface area contributed by atoms with Crippen LogP contribution in [0.4, 0.5) is 15.9 Å². The third-order valence-corrected chi connectivity index (χ3v) is 7.57. The number of nitrogens with zero attached hydrogens (tertiary/aromatic N) is 4. The van der Waals surface area contributed by atoms with Gasteiger partial charge in [0.05, 0.1) is 11.1 Å². The lowest BCUT2D eigenvalue weighted by Gasteiger charge is -2.18. The van der Waals surface area contributed by atoms with Gasteiger partial charge in [0.25, 0.3) is 11.8 Å². The molecule has 3 heterocycles. The van der Waals surface area contributed by atoms with Crippen molar-refractivity contribution in [3.05, 3.63) is 72.3 Å². The van der Waals surface area contributed by atoms with Gasteiger partial charge in [-0.25, -0.2) is 14.4 Å². The SMILES string of the molecule is C=C(C)C(=O)Nc1ccc(-c2c(-c3ccc(C(=O)N4CC[C@H]5C[C@H]54)cc3)c3c(N)ncnc3n2C)c(F)c1. The summed E-state index contributed by atoms with van der Waals surface area (Å²) in [6, 6.07) is 12.2. The van der Waals surface area contributed by atoms with Crippen LogP contribution in [0.5, 0.6) is 0 Å². The molecule has 2 amide bonds. The Morgan fingerprint density at radius 3 is 2.55 bits per heavy atom. The molecule has 3 N–H and O–H groups in total. The molecule has 2 aromatic carbocycles. The first kappa shape index (κ1) is 23.8. The lowest BCUT2D eigenvalue weighted by Crippen LogP contribution is -2.30. The second-order valence-corrected chi connectivity index (χ2v) is 10.1. The minimum atomic E-state index is -0.525. The van der Waals surface area contributed by atoms with E-state index in [-0.39, 0.29) is 17.6 Å². The number of anilines is 2. The number of carbonyl (C=O) groups is 2. The fourth-order valence-corrected chi connectivity index (χ4v) is 5.49. The zero-order valence-electron chi connectivity index (χ0n) is 21.2. The fourth-order valence-electron chi connectivity index (χ4n) is 5.49. The van der Waals surface area contributed by atoms with E-state index in [1.165, 1.54) is 12.4 Å². The van der Waals surface area contributed by atoms with E-state index in [4.69, 9.17) is 5.73 Å². The number of nitrogens with two attached hydrogens (primary N) is 1. The summed E-state index contributed by atoms with van der Waals surface area (Å²) in [5.41, 5.74) is 10.4. The van der Waals surface area contributed by atoms with E-state index < -0.39 is 5.82 Å². The smallest absolute Gasteiger partial charge is 0.254 e. The number of nitrogens with one attached hydrogen (secondary N) is 1. The lowest BCUT2D eigenvalue weighted by atomic mass is 9.97. The molecule has 2 fully saturated rings. The quantitative estimate of drug-likeness (QED) is 0.376. The van der Waals surface area contributed by atoms with E-state index in [0.29, 0.717) is 56.6 Å². The van der Waals surface area contributed by atoms with Gasteiger partial charge < -0.3 is 20.5 Å². The first-order valence-electron chi connectivity index (χ1n) is 12.5. The minimum Gasteiger partial charge on any atom is -0.383 e. The normalized spacial score (nSPS) is 17.9. The highest BCUT2D eigenvalue weighted by Gasteiger charge is 2.48. The Bertz CT molecular complexity index is 1640. The molecule has 2 atom stereocenters. The summed E-state index contributed by atoms with van der Waals surface area (Å²) in [7, 11) is 1.79. The second-order valence-electron chi connectivity index (χ2n) is 10.1. The molecule has 1 aliphatic heterocycles. The van der Waals surface area contributed by atoms with Crippen LogP contribution in [0.25, 0.3) is 33.4 Å². The molecule has 2 aromatic heterocycles. The van der Waals surface area contributed by atoms with Crippen molar-refractivity contribution in [1.82, 2.24) is 19.4 Å². The lowest BCUT2D eigenvalue weighted by molar-refractivity contribution is -0.112. The van der Waals surface area contributed by atoms with E-state index >= 15 is 4.39 Å². The highest BCUT2D eigenvalue weighted by Crippen LogP contribution is 2.45. The van der Waals surface area contributed by atoms with Crippen LogP contribution in [0.1, 0.15) is 30.1 Å². The Balaban J connectivity index is 1.44. The molecule has 8 nitrogen and oxygen atoms in total. The zero-order valence-corrected chi connectivity index (χ0v) is 21.2. The number of fused-ring (bicyclic) bond motifs is 2. The number of aromatic nitrogens is 3. The summed E-state index contributed by atoms with van der Waals surface area (Å²) in [4.78, 5) is 35.7. The van der Waals surface area contributed by atoms with Crippen LogP contribution < -0.4 is 11.1 Å². The molecule has 2 aliphatic rings. The van der Waals surface area contributed by atoms with Gasteiger partial charge in [0.2, 0.25) is 0 Å². The molecule has 0 radical (unpaired) electrons.